The average molecular weight is 274 g/mol. The Balaban J connectivity index is 2.43. The standard InChI is InChI=1S/C14H14N2O4/c1-7-11(8(2)17)12(16-14(20)15-7)9-3-5-10(6-4-9)13(18)19/h3-6,12H,1-2H3,(H,18,19)(H2,15,16,20). The molecule has 104 valence electrons. The molecule has 0 fully saturated rings. The molecule has 1 aliphatic heterocycles. The van der Waals surface area contributed by atoms with E-state index >= 15 is 0 Å². The van der Waals surface area contributed by atoms with Gasteiger partial charge in [0.25, 0.3) is 0 Å². The van der Waals surface area contributed by atoms with Crippen molar-refractivity contribution in [1.29, 1.82) is 0 Å². The van der Waals surface area contributed by atoms with E-state index in [0.29, 0.717) is 16.8 Å². The number of urea groups is 1. The minimum absolute atomic E-state index is 0.151. The number of allylic oxidation sites excluding steroid dienone is 1. The van der Waals surface area contributed by atoms with Crippen LogP contribution < -0.4 is 10.6 Å². The molecule has 2 amide bonds. The zero-order chi connectivity index (χ0) is 14.9. The number of hydrogen-bond donors (Lipinski definition) is 3. The van der Waals surface area contributed by atoms with Gasteiger partial charge in [-0.05, 0) is 31.5 Å². The van der Waals surface area contributed by atoms with E-state index in [2.05, 4.69) is 10.6 Å². The Hall–Kier alpha value is -2.63. The van der Waals surface area contributed by atoms with Crippen molar-refractivity contribution in [2.24, 2.45) is 0 Å². The second-order valence-corrected chi connectivity index (χ2v) is 4.55. The average Bonchev–Trinajstić information content (AvgIpc) is 2.37. The molecule has 0 spiro atoms. The maximum absolute atomic E-state index is 11.7. The third kappa shape index (κ3) is 2.54. The van der Waals surface area contributed by atoms with Gasteiger partial charge in [-0.15, -0.1) is 0 Å². The smallest absolute Gasteiger partial charge is 0.335 e. The topological polar surface area (TPSA) is 95.5 Å². The van der Waals surface area contributed by atoms with Crippen LogP contribution in [0, 0.1) is 0 Å². The Morgan fingerprint density at radius 3 is 2.30 bits per heavy atom. The zero-order valence-corrected chi connectivity index (χ0v) is 11.1. The lowest BCUT2D eigenvalue weighted by molar-refractivity contribution is -0.114. The number of carbonyl (C=O) groups is 3. The van der Waals surface area contributed by atoms with E-state index in [1.54, 1.807) is 19.1 Å². The van der Waals surface area contributed by atoms with Gasteiger partial charge in [-0.2, -0.15) is 0 Å². The molecule has 1 aliphatic rings. The predicted octanol–water partition coefficient (Wildman–Crippen LogP) is 1.60. The number of amides is 2. The first-order chi connectivity index (χ1) is 9.40. The van der Waals surface area contributed by atoms with Gasteiger partial charge in [0.05, 0.1) is 11.6 Å². The quantitative estimate of drug-likeness (QED) is 0.780. The van der Waals surface area contributed by atoms with Crippen LogP contribution in [-0.2, 0) is 4.79 Å². The van der Waals surface area contributed by atoms with Crippen LogP contribution >= 0.6 is 0 Å². The molecule has 3 N–H and O–H groups in total. The van der Waals surface area contributed by atoms with Gasteiger partial charge >= 0.3 is 12.0 Å². The number of Topliss-reactive ketones (excluding diaryl/α,β-unsaturated/α-hetero) is 1. The lowest BCUT2D eigenvalue weighted by Crippen LogP contribution is -2.44. The number of ketones is 1. The molecule has 6 heteroatoms. The van der Waals surface area contributed by atoms with E-state index in [-0.39, 0.29) is 17.4 Å². The molecule has 1 aromatic rings. The van der Waals surface area contributed by atoms with Gasteiger partial charge in [-0.1, -0.05) is 12.1 Å². The SMILES string of the molecule is CC(=O)C1=C(C)NC(=O)NC1c1ccc(C(=O)O)cc1. The third-order valence-corrected chi connectivity index (χ3v) is 3.14. The highest BCUT2D eigenvalue weighted by molar-refractivity contribution is 5.98. The number of nitrogens with one attached hydrogen (secondary N) is 2. The number of benzene rings is 1. The zero-order valence-electron chi connectivity index (χ0n) is 11.1. The van der Waals surface area contributed by atoms with Gasteiger partial charge in [0.15, 0.2) is 5.78 Å². The van der Waals surface area contributed by atoms with Crippen LogP contribution in [0.5, 0.6) is 0 Å². The fourth-order valence-corrected chi connectivity index (χ4v) is 2.23. The maximum atomic E-state index is 11.7. The van der Waals surface area contributed by atoms with Crippen molar-refractivity contribution in [3.63, 3.8) is 0 Å². The van der Waals surface area contributed by atoms with E-state index in [1.165, 1.54) is 19.1 Å². The Morgan fingerprint density at radius 2 is 1.80 bits per heavy atom. The van der Waals surface area contributed by atoms with E-state index in [1.807, 2.05) is 0 Å². The van der Waals surface area contributed by atoms with Gasteiger partial charge in [0, 0.05) is 11.3 Å². The highest BCUT2D eigenvalue weighted by Gasteiger charge is 2.29. The van der Waals surface area contributed by atoms with Crippen LogP contribution in [-0.4, -0.2) is 22.9 Å². The lowest BCUT2D eigenvalue weighted by Gasteiger charge is -2.28. The second-order valence-electron chi connectivity index (χ2n) is 4.55. The fraction of sp³-hybridized carbons (Fsp3) is 0.214. The van der Waals surface area contributed by atoms with Crippen molar-refractivity contribution in [1.82, 2.24) is 10.6 Å². The molecule has 2 rings (SSSR count). The number of carbonyl (C=O) groups excluding carboxylic acids is 2. The molecule has 20 heavy (non-hydrogen) atoms. The molecule has 0 bridgehead atoms. The van der Waals surface area contributed by atoms with Crippen LogP contribution in [0.25, 0.3) is 0 Å². The third-order valence-electron chi connectivity index (χ3n) is 3.14. The summed E-state index contributed by atoms with van der Waals surface area (Å²) in [5.41, 5.74) is 1.79. The molecular formula is C14H14N2O4. The van der Waals surface area contributed by atoms with Crippen molar-refractivity contribution in [3.05, 3.63) is 46.7 Å². The van der Waals surface area contributed by atoms with Crippen molar-refractivity contribution in [2.75, 3.05) is 0 Å². The summed E-state index contributed by atoms with van der Waals surface area (Å²) in [5, 5.41) is 14.1. The van der Waals surface area contributed by atoms with Crippen LogP contribution in [0.4, 0.5) is 4.79 Å². The normalized spacial score (nSPS) is 18.3. The Kier molecular flexibility index (Phi) is 3.56. The molecular weight excluding hydrogens is 260 g/mol. The van der Waals surface area contributed by atoms with Gasteiger partial charge in [-0.25, -0.2) is 9.59 Å². The first-order valence-corrected chi connectivity index (χ1v) is 6.02. The van der Waals surface area contributed by atoms with Crippen molar-refractivity contribution < 1.29 is 19.5 Å². The van der Waals surface area contributed by atoms with Gasteiger partial charge < -0.3 is 15.7 Å². The number of hydrogen-bond acceptors (Lipinski definition) is 3. The summed E-state index contributed by atoms with van der Waals surface area (Å²) < 4.78 is 0. The fourth-order valence-electron chi connectivity index (χ4n) is 2.23. The largest absolute Gasteiger partial charge is 0.478 e. The Morgan fingerprint density at radius 1 is 1.20 bits per heavy atom. The minimum atomic E-state index is -1.02. The van der Waals surface area contributed by atoms with E-state index in [4.69, 9.17) is 5.11 Å². The molecule has 0 aromatic heterocycles. The molecule has 1 atom stereocenters. The lowest BCUT2D eigenvalue weighted by atomic mass is 9.92. The molecule has 0 saturated heterocycles. The van der Waals surface area contributed by atoms with Gasteiger partial charge in [-0.3, -0.25) is 4.79 Å². The summed E-state index contributed by atoms with van der Waals surface area (Å²) in [6, 6.07) is 5.12. The summed E-state index contributed by atoms with van der Waals surface area (Å²) in [5.74, 6) is -1.17. The van der Waals surface area contributed by atoms with Crippen LogP contribution in [0.1, 0.15) is 35.8 Å². The summed E-state index contributed by atoms with van der Waals surface area (Å²) in [4.78, 5) is 34.1. The van der Waals surface area contributed by atoms with Crippen LogP contribution in [0.2, 0.25) is 0 Å². The van der Waals surface area contributed by atoms with Gasteiger partial charge in [0.2, 0.25) is 0 Å². The summed E-state index contributed by atoms with van der Waals surface area (Å²) >= 11 is 0. The molecule has 0 aliphatic carbocycles. The summed E-state index contributed by atoms with van der Waals surface area (Å²) in [6.07, 6.45) is 0. The summed E-state index contributed by atoms with van der Waals surface area (Å²) in [6.45, 7) is 3.09. The number of carboxylic acids is 1. The van der Waals surface area contributed by atoms with E-state index in [9.17, 15) is 14.4 Å². The molecule has 0 radical (unpaired) electrons. The van der Waals surface area contributed by atoms with E-state index in [0.717, 1.165) is 0 Å². The van der Waals surface area contributed by atoms with Crippen LogP contribution in [0.3, 0.4) is 0 Å². The van der Waals surface area contributed by atoms with Crippen molar-refractivity contribution >= 4 is 17.8 Å². The van der Waals surface area contributed by atoms with Crippen molar-refractivity contribution in [2.45, 2.75) is 19.9 Å². The number of carboxylic acid groups (broad SMARTS) is 1. The minimum Gasteiger partial charge on any atom is -0.478 e. The predicted molar refractivity (Wildman–Crippen MR) is 71.2 cm³/mol. The maximum Gasteiger partial charge on any atom is 0.335 e. The summed E-state index contributed by atoms with van der Waals surface area (Å²) in [7, 11) is 0. The van der Waals surface area contributed by atoms with Gasteiger partial charge in [0.1, 0.15) is 0 Å². The van der Waals surface area contributed by atoms with Crippen LogP contribution in [0.15, 0.2) is 35.5 Å². The molecule has 1 aromatic carbocycles. The second kappa shape index (κ2) is 5.16. The van der Waals surface area contributed by atoms with E-state index < -0.39 is 12.0 Å². The van der Waals surface area contributed by atoms with Crippen molar-refractivity contribution in [3.8, 4) is 0 Å². The highest BCUT2D eigenvalue weighted by atomic mass is 16.4. The monoisotopic (exact) mass is 274 g/mol. The number of aromatic carboxylic acids is 1. The first kappa shape index (κ1) is 13.8. The molecule has 6 nitrogen and oxygen atoms in total. The highest BCUT2D eigenvalue weighted by Crippen LogP contribution is 2.27. The molecule has 0 saturated carbocycles. The number of rotatable bonds is 3. The Bertz CT molecular complexity index is 617. The molecule has 1 heterocycles. The Labute approximate surface area is 115 Å². The first-order valence-electron chi connectivity index (χ1n) is 6.02. The molecule has 1 unspecified atom stereocenters.